The second-order valence-electron chi connectivity index (χ2n) is 4.88. The average Bonchev–Trinajstić information content (AvgIpc) is 2.55. The molecule has 0 radical (unpaired) electrons. The summed E-state index contributed by atoms with van der Waals surface area (Å²) in [6, 6.07) is 9.41. The second-order valence-corrected chi connectivity index (χ2v) is 4.88. The minimum absolute atomic E-state index is 0.202. The Morgan fingerprint density at radius 1 is 1.33 bits per heavy atom. The predicted molar refractivity (Wildman–Crippen MR) is 80.6 cm³/mol. The number of benzene rings is 1. The van der Waals surface area contributed by atoms with Gasteiger partial charge in [0.2, 0.25) is 5.88 Å². The summed E-state index contributed by atoms with van der Waals surface area (Å²) in [5.41, 5.74) is 3.74. The number of nitrogens with one attached hydrogen (secondary N) is 2. The second kappa shape index (κ2) is 5.93. The van der Waals surface area contributed by atoms with Gasteiger partial charge in [-0.1, -0.05) is 12.1 Å². The summed E-state index contributed by atoms with van der Waals surface area (Å²) in [4.78, 5) is 16.5. The van der Waals surface area contributed by atoms with Crippen molar-refractivity contribution in [2.75, 3.05) is 19.0 Å². The van der Waals surface area contributed by atoms with Gasteiger partial charge in [-0.3, -0.25) is 4.79 Å². The first-order valence-corrected chi connectivity index (χ1v) is 6.91. The number of anilines is 1. The fourth-order valence-electron chi connectivity index (χ4n) is 2.56. The minimum Gasteiger partial charge on any atom is -0.480 e. The van der Waals surface area contributed by atoms with Crippen LogP contribution in [0.25, 0.3) is 0 Å². The molecule has 108 valence electrons. The lowest BCUT2D eigenvalue weighted by atomic mass is 9.99. The quantitative estimate of drug-likeness (QED) is 0.904. The Kier molecular flexibility index (Phi) is 3.83. The summed E-state index contributed by atoms with van der Waals surface area (Å²) < 4.78 is 5.13. The van der Waals surface area contributed by atoms with Gasteiger partial charge in [0.25, 0.3) is 5.91 Å². The Hall–Kier alpha value is -2.40. The van der Waals surface area contributed by atoms with Gasteiger partial charge >= 0.3 is 0 Å². The number of amides is 1. The van der Waals surface area contributed by atoms with Gasteiger partial charge in [0.15, 0.2) is 0 Å². The molecule has 5 nitrogen and oxygen atoms in total. The van der Waals surface area contributed by atoms with Crippen LogP contribution >= 0.6 is 0 Å². The molecule has 2 heterocycles. The number of aromatic nitrogens is 1. The van der Waals surface area contributed by atoms with Crippen molar-refractivity contribution in [2.45, 2.75) is 13.0 Å². The van der Waals surface area contributed by atoms with Crippen LogP contribution in [0.4, 0.5) is 5.69 Å². The van der Waals surface area contributed by atoms with Gasteiger partial charge in [-0.15, -0.1) is 0 Å². The highest BCUT2D eigenvalue weighted by Gasteiger charge is 2.17. The molecule has 1 amide bonds. The summed E-state index contributed by atoms with van der Waals surface area (Å²) in [5, 5.41) is 6.30. The van der Waals surface area contributed by atoms with Crippen molar-refractivity contribution in [3.8, 4) is 5.88 Å². The molecule has 0 saturated carbocycles. The number of nitrogens with zero attached hydrogens (tertiary/aromatic N) is 1. The van der Waals surface area contributed by atoms with Crippen molar-refractivity contribution in [2.24, 2.45) is 0 Å². The fraction of sp³-hybridized carbons (Fsp3) is 0.250. The van der Waals surface area contributed by atoms with Crippen molar-refractivity contribution < 1.29 is 9.53 Å². The summed E-state index contributed by atoms with van der Waals surface area (Å²) in [7, 11) is 1.51. The van der Waals surface area contributed by atoms with Gasteiger partial charge in [0.05, 0.1) is 7.11 Å². The number of carbonyl (C=O) groups excluding carboxylic acids is 1. The third-order valence-corrected chi connectivity index (χ3v) is 3.60. The van der Waals surface area contributed by atoms with Crippen molar-refractivity contribution >= 4 is 11.6 Å². The van der Waals surface area contributed by atoms with Gasteiger partial charge in [0.1, 0.15) is 5.56 Å². The number of rotatable bonds is 3. The van der Waals surface area contributed by atoms with E-state index in [1.165, 1.54) is 18.2 Å². The van der Waals surface area contributed by atoms with E-state index in [-0.39, 0.29) is 5.91 Å². The number of fused-ring (bicyclic) bond motifs is 1. The molecule has 1 aromatic carbocycles. The molecule has 2 aromatic rings. The molecule has 0 fully saturated rings. The minimum atomic E-state index is -0.202. The Balaban J connectivity index is 1.88. The molecule has 0 bridgehead atoms. The lowest BCUT2D eigenvalue weighted by molar-refractivity contribution is 0.102. The maximum atomic E-state index is 12.4. The highest BCUT2D eigenvalue weighted by molar-refractivity contribution is 6.06. The predicted octanol–water partition coefficient (Wildman–Crippen LogP) is 1.99. The zero-order valence-electron chi connectivity index (χ0n) is 11.8. The standard InChI is InChI=1S/C16H17N3O2/c1-21-16-13(5-3-8-18-16)15(20)19-14-6-2-4-11-10-17-9-7-12(11)14/h2-6,8,17H,7,9-10H2,1H3,(H,19,20). The Labute approximate surface area is 123 Å². The Morgan fingerprint density at radius 2 is 2.24 bits per heavy atom. The number of ether oxygens (including phenoxy) is 1. The number of carbonyl (C=O) groups is 1. The van der Waals surface area contributed by atoms with Gasteiger partial charge in [0, 0.05) is 18.4 Å². The van der Waals surface area contributed by atoms with E-state index in [0.29, 0.717) is 11.4 Å². The highest BCUT2D eigenvalue weighted by Crippen LogP contribution is 2.24. The lowest BCUT2D eigenvalue weighted by Crippen LogP contribution is -2.25. The third-order valence-electron chi connectivity index (χ3n) is 3.60. The van der Waals surface area contributed by atoms with E-state index in [1.807, 2.05) is 12.1 Å². The molecule has 1 aliphatic heterocycles. The van der Waals surface area contributed by atoms with Crippen molar-refractivity contribution in [1.29, 1.82) is 0 Å². The van der Waals surface area contributed by atoms with Gasteiger partial charge in [-0.25, -0.2) is 4.98 Å². The molecule has 0 aliphatic carbocycles. The van der Waals surface area contributed by atoms with E-state index in [0.717, 1.165) is 25.2 Å². The molecule has 1 aliphatic rings. The first-order valence-electron chi connectivity index (χ1n) is 6.91. The third kappa shape index (κ3) is 2.73. The van der Waals surface area contributed by atoms with Crippen LogP contribution in [0.1, 0.15) is 21.5 Å². The summed E-state index contributed by atoms with van der Waals surface area (Å²) in [6.07, 6.45) is 2.52. The molecule has 21 heavy (non-hydrogen) atoms. The van der Waals surface area contributed by atoms with Crippen LogP contribution < -0.4 is 15.4 Å². The van der Waals surface area contributed by atoms with Gasteiger partial charge in [-0.2, -0.15) is 0 Å². The molecular weight excluding hydrogens is 266 g/mol. The fourth-order valence-corrected chi connectivity index (χ4v) is 2.56. The maximum Gasteiger partial charge on any atom is 0.261 e. The molecule has 0 spiro atoms. The maximum absolute atomic E-state index is 12.4. The van der Waals surface area contributed by atoms with Crippen LogP contribution in [0.15, 0.2) is 36.5 Å². The molecule has 5 heteroatoms. The van der Waals surface area contributed by atoms with Crippen LogP contribution in [0.3, 0.4) is 0 Å². The van der Waals surface area contributed by atoms with Crippen LogP contribution in [0.2, 0.25) is 0 Å². The van der Waals surface area contributed by atoms with Crippen LogP contribution in [0, 0.1) is 0 Å². The Bertz CT molecular complexity index is 670. The molecule has 3 rings (SSSR count). The zero-order valence-corrected chi connectivity index (χ0v) is 11.8. The molecule has 0 saturated heterocycles. The Morgan fingerprint density at radius 3 is 3.10 bits per heavy atom. The number of hydrogen-bond acceptors (Lipinski definition) is 4. The molecule has 2 N–H and O–H groups in total. The van der Waals surface area contributed by atoms with E-state index in [1.54, 1.807) is 18.3 Å². The van der Waals surface area contributed by atoms with E-state index in [9.17, 15) is 4.79 Å². The van der Waals surface area contributed by atoms with E-state index in [4.69, 9.17) is 4.74 Å². The van der Waals surface area contributed by atoms with Crippen LogP contribution in [-0.2, 0) is 13.0 Å². The smallest absolute Gasteiger partial charge is 0.261 e. The van der Waals surface area contributed by atoms with E-state index < -0.39 is 0 Å². The van der Waals surface area contributed by atoms with Crippen LogP contribution in [-0.4, -0.2) is 24.5 Å². The molecular formula is C16H17N3O2. The largest absolute Gasteiger partial charge is 0.480 e. The number of pyridine rings is 1. The van der Waals surface area contributed by atoms with Gasteiger partial charge in [-0.05, 0) is 42.3 Å². The molecule has 0 atom stereocenters. The first-order chi connectivity index (χ1) is 10.3. The number of hydrogen-bond donors (Lipinski definition) is 2. The summed E-state index contributed by atoms with van der Waals surface area (Å²) in [6.45, 7) is 1.77. The monoisotopic (exact) mass is 283 g/mol. The summed E-state index contributed by atoms with van der Waals surface area (Å²) in [5.74, 6) is 0.133. The van der Waals surface area contributed by atoms with Crippen molar-refractivity contribution in [3.63, 3.8) is 0 Å². The topological polar surface area (TPSA) is 63.2 Å². The van der Waals surface area contributed by atoms with E-state index in [2.05, 4.69) is 21.7 Å². The molecule has 0 unspecified atom stereocenters. The van der Waals surface area contributed by atoms with Crippen LogP contribution in [0.5, 0.6) is 5.88 Å². The summed E-state index contributed by atoms with van der Waals surface area (Å²) >= 11 is 0. The average molecular weight is 283 g/mol. The highest BCUT2D eigenvalue weighted by atomic mass is 16.5. The first kappa shape index (κ1) is 13.6. The van der Waals surface area contributed by atoms with Gasteiger partial charge < -0.3 is 15.4 Å². The lowest BCUT2D eigenvalue weighted by Gasteiger charge is -2.20. The molecule has 1 aromatic heterocycles. The van der Waals surface area contributed by atoms with Crippen molar-refractivity contribution in [1.82, 2.24) is 10.3 Å². The number of methoxy groups -OCH3 is 1. The zero-order chi connectivity index (χ0) is 14.7. The van der Waals surface area contributed by atoms with E-state index >= 15 is 0 Å². The van der Waals surface area contributed by atoms with Crippen molar-refractivity contribution in [3.05, 3.63) is 53.2 Å². The normalized spacial score (nSPS) is 13.4. The SMILES string of the molecule is COc1ncccc1C(=O)Nc1cccc2c1CCNC2.